The topological polar surface area (TPSA) is 63.6 Å². The Morgan fingerprint density at radius 3 is 2.68 bits per heavy atom. The van der Waals surface area contributed by atoms with Crippen LogP contribution >= 0.6 is 0 Å². The normalized spacial score (nSPS) is 52.1. The Kier molecular flexibility index (Phi) is 4.06. The fraction of sp³-hybridized carbons (Fsp3) is 0.905. The monoisotopic (exact) mass is 348 g/mol. The summed E-state index contributed by atoms with van der Waals surface area (Å²) in [6, 6.07) is 0. The van der Waals surface area contributed by atoms with Gasteiger partial charge in [-0.1, -0.05) is 13.8 Å². The second-order valence-electron chi connectivity index (χ2n) is 9.73. The third-order valence-electron chi connectivity index (χ3n) is 8.59. The van der Waals surface area contributed by atoms with Gasteiger partial charge in [0.05, 0.1) is 6.10 Å². The minimum atomic E-state index is -0.369. The van der Waals surface area contributed by atoms with E-state index in [1.54, 1.807) is 0 Å². The van der Waals surface area contributed by atoms with Crippen LogP contribution in [0.15, 0.2) is 0 Å². The molecule has 4 heteroatoms. The summed E-state index contributed by atoms with van der Waals surface area (Å²) < 4.78 is 5.50. The average Bonchev–Trinajstić information content (AvgIpc) is 2.82. The van der Waals surface area contributed by atoms with Gasteiger partial charge in [0.15, 0.2) is 0 Å². The van der Waals surface area contributed by atoms with Crippen molar-refractivity contribution in [2.24, 2.45) is 34.5 Å². The number of aliphatic hydroxyl groups is 1. The Hall–Kier alpha value is -0.900. The zero-order valence-corrected chi connectivity index (χ0v) is 15.8. The van der Waals surface area contributed by atoms with Gasteiger partial charge in [-0.3, -0.25) is 9.59 Å². The lowest BCUT2D eigenvalue weighted by atomic mass is 9.44. The van der Waals surface area contributed by atoms with Gasteiger partial charge in [0.25, 0.3) is 0 Å². The maximum absolute atomic E-state index is 12.5. The predicted octanol–water partition coefficient (Wildman–Crippen LogP) is 3.50. The molecule has 0 saturated heterocycles. The molecule has 25 heavy (non-hydrogen) atoms. The first-order valence-electron chi connectivity index (χ1n) is 10.1. The Morgan fingerprint density at radius 2 is 1.96 bits per heavy atom. The highest BCUT2D eigenvalue weighted by atomic mass is 16.5. The molecule has 0 spiro atoms. The van der Waals surface area contributed by atoms with Gasteiger partial charge < -0.3 is 9.84 Å². The average molecular weight is 348 g/mol. The van der Waals surface area contributed by atoms with Crippen LogP contribution < -0.4 is 0 Å². The van der Waals surface area contributed by atoms with Crippen LogP contribution in [0.1, 0.15) is 72.1 Å². The van der Waals surface area contributed by atoms with Crippen molar-refractivity contribution in [2.75, 3.05) is 0 Å². The molecule has 4 fully saturated rings. The lowest BCUT2D eigenvalue weighted by Gasteiger charge is -2.61. The molecule has 0 aliphatic heterocycles. The van der Waals surface area contributed by atoms with E-state index in [-0.39, 0.29) is 29.0 Å². The van der Waals surface area contributed by atoms with Crippen molar-refractivity contribution in [3.63, 3.8) is 0 Å². The number of carbonyl (C=O) groups is 2. The first-order valence-corrected chi connectivity index (χ1v) is 10.1. The summed E-state index contributed by atoms with van der Waals surface area (Å²) in [6.07, 6.45) is 7.16. The molecule has 4 rings (SSSR count). The molecule has 0 aromatic rings. The third-order valence-corrected chi connectivity index (χ3v) is 8.59. The number of carbonyl (C=O) groups excluding carboxylic acids is 2. The van der Waals surface area contributed by atoms with E-state index in [1.807, 2.05) is 0 Å². The van der Waals surface area contributed by atoms with Crippen molar-refractivity contribution in [1.82, 2.24) is 0 Å². The van der Waals surface area contributed by atoms with Crippen LogP contribution in [0.25, 0.3) is 0 Å². The molecule has 140 valence electrons. The second-order valence-corrected chi connectivity index (χ2v) is 9.73. The zero-order valence-electron chi connectivity index (χ0n) is 15.8. The number of ketones is 1. The van der Waals surface area contributed by atoms with Gasteiger partial charge in [-0.25, -0.2) is 0 Å². The number of hydrogen-bond donors (Lipinski definition) is 1. The van der Waals surface area contributed by atoms with Gasteiger partial charge >= 0.3 is 5.97 Å². The summed E-state index contributed by atoms with van der Waals surface area (Å²) in [5.41, 5.74) is -0.176. The molecule has 8 unspecified atom stereocenters. The summed E-state index contributed by atoms with van der Waals surface area (Å²) in [5, 5.41) is 11.1. The fourth-order valence-corrected chi connectivity index (χ4v) is 7.46. The predicted molar refractivity (Wildman–Crippen MR) is 93.7 cm³/mol. The SMILES string of the molecule is CC(=O)OC1CCC2(C)C(CCC3C4CCC(=O)C4(C)CC(O)C32)C1. The van der Waals surface area contributed by atoms with Crippen LogP contribution in [0.3, 0.4) is 0 Å². The third kappa shape index (κ3) is 2.50. The van der Waals surface area contributed by atoms with Crippen molar-refractivity contribution < 1.29 is 19.4 Å². The van der Waals surface area contributed by atoms with Crippen LogP contribution in [-0.4, -0.2) is 29.1 Å². The van der Waals surface area contributed by atoms with Gasteiger partial charge in [0.1, 0.15) is 11.9 Å². The number of hydrogen-bond acceptors (Lipinski definition) is 4. The summed E-state index contributed by atoms with van der Waals surface area (Å²) in [5.74, 6) is 1.95. The smallest absolute Gasteiger partial charge is 0.302 e. The molecule has 0 aromatic heterocycles. The van der Waals surface area contributed by atoms with Crippen LogP contribution in [0.2, 0.25) is 0 Å². The number of Topliss-reactive ketones (excluding diaryl/α,β-unsaturated/α-hetero) is 1. The standard InChI is InChI=1S/C21H32O4/c1-12(22)25-14-8-9-20(2)13(10-14)4-5-15-16-6-7-18(24)21(16,3)11-17(23)19(15)20/h13-17,19,23H,4-11H2,1-3H3. The Morgan fingerprint density at radius 1 is 1.20 bits per heavy atom. The van der Waals surface area contributed by atoms with Crippen molar-refractivity contribution >= 4 is 11.8 Å². The van der Waals surface area contributed by atoms with Crippen molar-refractivity contribution in [2.45, 2.75) is 84.3 Å². The molecule has 4 aliphatic carbocycles. The quantitative estimate of drug-likeness (QED) is 0.737. The molecule has 0 bridgehead atoms. The molecule has 4 aliphatic rings. The van der Waals surface area contributed by atoms with E-state index in [9.17, 15) is 14.7 Å². The summed E-state index contributed by atoms with van der Waals surface area (Å²) in [7, 11) is 0. The van der Waals surface area contributed by atoms with Crippen molar-refractivity contribution in [1.29, 1.82) is 0 Å². The molecule has 4 saturated carbocycles. The molecular weight excluding hydrogens is 316 g/mol. The first-order chi connectivity index (χ1) is 11.8. The minimum absolute atomic E-state index is 0.0474. The van der Waals surface area contributed by atoms with Gasteiger partial charge in [-0.15, -0.1) is 0 Å². The summed E-state index contributed by atoms with van der Waals surface area (Å²) in [6.45, 7) is 5.97. The number of fused-ring (bicyclic) bond motifs is 5. The molecule has 4 nitrogen and oxygen atoms in total. The Bertz CT molecular complexity index is 586. The molecule has 0 radical (unpaired) electrons. The molecule has 0 amide bonds. The van der Waals surface area contributed by atoms with Crippen LogP contribution in [0, 0.1) is 34.5 Å². The van der Waals surface area contributed by atoms with Gasteiger partial charge in [-0.05, 0) is 74.0 Å². The van der Waals surface area contributed by atoms with E-state index in [4.69, 9.17) is 4.74 Å². The highest BCUT2D eigenvalue weighted by Gasteiger charge is 2.63. The van der Waals surface area contributed by atoms with Crippen molar-refractivity contribution in [3.05, 3.63) is 0 Å². The lowest BCUT2D eigenvalue weighted by molar-refractivity contribution is -0.181. The molecule has 0 aromatic carbocycles. The largest absolute Gasteiger partial charge is 0.463 e. The fourth-order valence-electron chi connectivity index (χ4n) is 7.46. The molecular formula is C21H32O4. The van der Waals surface area contributed by atoms with Gasteiger partial charge in [0, 0.05) is 18.8 Å². The highest BCUT2D eigenvalue weighted by Crippen LogP contribution is 2.65. The number of rotatable bonds is 1. The van der Waals surface area contributed by atoms with E-state index in [1.165, 1.54) is 6.92 Å². The molecule has 0 heterocycles. The minimum Gasteiger partial charge on any atom is -0.463 e. The highest BCUT2D eigenvalue weighted by molar-refractivity contribution is 5.87. The van der Waals surface area contributed by atoms with E-state index in [2.05, 4.69) is 13.8 Å². The second kappa shape index (κ2) is 5.80. The molecule has 1 N–H and O–H groups in total. The number of ether oxygens (including phenoxy) is 1. The summed E-state index contributed by atoms with van der Waals surface area (Å²) >= 11 is 0. The summed E-state index contributed by atoms with van der Waals surface area (Å²) in [4.78, 5) is 23.8. The van der Waals surface area contributed by atoms with Gasteiger partial charge in [-0.2, -0.15) is 0 Å². The van der Waals surface area contributed by atoms with E-state index in [0.717, 1.165) is 38.5 Å². The van der Waals surface area contributed by atoms with Crippen molar-refractivity contribution in [3.8, 4) is 0 Å². The first kappa shape index (κ1) is 17.5. The van der Waals surface area contributed by atoms with Crippen LogP contribution in [-0.2, 0) is 14.3 Å². The lowest BCUT2D eigenvalue weighted by Crippen LogP contribution is -2.59. The van der Waals surface area contributed by atoms with Crippen LogP contribution in [0.5, 0.6) is 0 Å². The van der Waals surface area contributed by atoms with E-state index >= 15 is 0 Å². The Labute approximate surface area is 150 Å². The molecule has 8 atom stereocenters. The number of aliphatic hydroxyl groups excluding tert-OH is 1. The van der Waals surface area contributed by atoms with E-state index < -0.39 is 0 Å². The van der Waals surface area contributed by atoms with E-state index in [0.29, 0.717) is 42.3 Å². The Balaban J connectivity index is 1.59. The number of esters is 1. The van der Waals surface area contributed by atoms with Crippen LogP contribution in [0.4, 0.5) is 0 Å². The zero-order chi connectivity index (χ0) is 18.0. The van der Waals surface area contributed by atoms with Gasteiger partial charge in [0.2, 0.25) is 0 Å². The maximum atomic E-state index is 12.5. The maximum Gasteiger partial charge on any atom is 0.302 e.